The highest BCUT2D eigenvalue weighted by Crippen LogP contribution is 2.31. The lowest BCUT2D eigenvalue weighted by atomic mass is 10.1. The molecule has 0 fully saturated rings. The van der Waals surface area contributed by atoms with Gasteiger partial charge in [0.05, 0.1) is 10.6 Å². The van der Waals surface area contributed by atoms with Crippen LogP contribution in [0.2, 0.25) is 5.02 Å². The molecule has 0 radical (unpaired) electrons. The molecule has 214 valence electrons. The molecule has 0 unspecified atom stereocenters. The molecule has 3 rings (SSSR count). The Morgan fingerprint density at radius 1 is 0.900 bits per heavy atom. The lowest BCUT2D eigenvalue weighted by molar-refractivity contribution is -0.140. The van der Waals surface area contributed by atoms with Crippen LogP contribution in [0.3, 0.4) is 0 Å². The van der Waals surface area contributed by atoms with Crippen molar-refractivity contribution in [1.29, 1.82) is 0 Å². The molecule has 40 heavy (non-hydrogen) atoms. The Kier molecular flexibility index (Phi) is 10.4. The van der Waals surface area contributed by atoms with Crippen LogP contribution in [0.15, 0.2) is 71.6 Å². The summed E-state index contributed by atoms with van der Waals surface area (Å²) in [5, 5.41) is 3.29. The van der Waals surface area contributed by atoms with Gasteiger partial charge in [0.25, 0.3) is 10.0 Å². The van der Waals surface area contributed by atoms with Crippen LogP contribution in [0.4, 0.5) is 5.69 Å². The number of nitrogens with zero attached hydrogens (tertiary/aromatic N) is 2. The van der Waals surface area contributed by atoms with Crippen LogP contribution in [0.1, 0.15) is 49.4 Å². The van der Waals surface area contributed by atoms with E-state index in [4.69, 9.17) is 11.6 Å². The molecular formula is C31H38ClN3O4S. The van der Waals surface area contributed by atoms with Gasteiger partial charge in [-0.2, -0.15) is 0 Å². The Morgan fingerprint density at radius 3 is 2.02 bits per heavy atom. The molecule has 0 aliphatic rings. The summed E-state index contributed by atoms with van der Waals surface area (Å²) in [5.74, 6) is -0.786. The molecule has 1 N–H and O–H groups in total. The third-order valence-electron chi connectivity index (χ3n) is 6.69. The summed E-state index contributed by atoms with van der Waals surface area (Å²) in [6, 6.07) is 18.2. The second-order valence-electron chi connectivity index (χ2n) is 10.3. The van der Waals surface area contributed by atoms with Crippen molar-refractivity contribution in [3.63, 3.8) is 0 Å². The minimum absolute atomic E-state index is 0.0555. The molecule has 0 bridgehead atoms. The zero-order chi connectivity index (χ0) is 29.6. The number of carbonyl (C=O) groups is 2. The molecule has 0 saturated heterocycles. The Hall–Kier alpha value is -3.36. The first-order chi connectivity index (χ1) is 18.8. The summed E-state index contributed by atoms with van der Waals surface area (Å²) in [6.07, 6.45) is 0.358. The van der Waals surface area contributed by atoms with Crippen molar-refractivity contribution < 1.29 is 18.0 Å². The van der Waals surface area contributed by atoms with Crippen LogP contribution in [-0.2, 0) is 26.2 Å². The summed E-state index contributed by atoms with van der Waals surface area (Å²) in [5.41, 5.74) is 3.64. The Balaban J connectivity index is 2.10. The number of rotatable bonds is 11. The van der Waals surface area contributed by atoms with Gasteiger partial charge in [0.15, 0.2) is 0 Å². The van der Waals surface area contributed by atoms with E-state index in [2.05, 4.69) is 5.32 Å². The quantitative estimate of drug-likeness (QED) is 0.309. The number of hydrogen-bond acceptors (Lipinski definition) is 4. The molecule has 0 spiro atoms. The van der Waals surface area contributed by atoms with Crippen molar-refractivity contribution in [2.24, 2.45) is 0 Å². The summed E-state index contributed by atoms with van der Waals surface area (Å²) in [6.45, 7) is 10.7. The fraction of sp³-hybridized carbons (Fsp3) is 0.355. The first kappa shape index (κ1) is 31.2. The van der Waals surface area contributed by atoms with E-state index < -0.39 is 28.5 Å². The van der Waals surface area contributed by atoms with Crippen molar-refractivity contribution in [3.05, 3.63) is 94.0 Å². The van der Waals surface area contributed by atoms with Gasteiger partial charge in [-0.25, -0.2) is 8.42 Å². The minimum Gasteiger partial charge on any atom is -0.352 e. The van der Waals surface area contributed by atoms with Crippen LogP contribution < -0.4 is 9.62 Å². The topological polar surface area (TPSA) is 86.8 Å². The highest BCUT2D eigenvalue weighted by molar-refractivity contribution is 7.92. The summed E-state index contributed by atoms with van der Waals surface area (Å²) in [4.78, 5) is 28.9. The van der Waals surface area contributed by atoms with Gasteiger partial charge in [-0.1, -0.05) is 72.1 Å². The van der Waals surface area contributed by atoms with E-state index in [0.29, 0.717) is 22.7 Å². The van der Waals surface area contributed by atoms with Crippen LogP contribution in [0.25, 0.3) is 0 Å². The maximum atomic E-state index is 14.1. The summed E-state index contributed by atoms with van der Waals surface area (Å²) >= 11 is 6.39. The van der Waals surface area contributed by atoms with E-state index in [-0.39, 0.29) is 23.4 Å². The average molecular weight is 584 g/mol. The summed E-state index contributed by atoms with van der Waals surface area (Å²) in [7, 11) is -4.16. The molecule has 3 aromatic rings. The number of nitrogens with one attached hydrogen (secondary N) is 1. The second kappa shape index (κ2) is 13.3. The Labute approximate surface area is 243 Å². The van der Waals surface area contributed by atoms with Gasteiger partial charge < -0.3 is 10.2 Å². The lowest BCUT2D eigenvalue weighted by Gasteiger charge is -2.34. The van der Waals surface area contributed by atoms with Crippen LogP contribution in [0, 0.1) is 20.8 Å². The van der Waals surface area contributed by atoms with Gasteiger partial charge in [0.2, 0.25) is 11.8 Å². The highest BCUT2D eigenvalue weighted by Gasteiger charge is 2.34. The van der Waals surface area contributed by atoms with Crippen molar-refractivity contribution in [3.8, 4) is 0 Å². The zero-order valence-electron chi connectivity index (χ0n) is 23.9. The number of carbonyl (C=O) groups excluding carboxylic acids is 2. The van der Waals surface area contributed by atoms with Gasteiger partial charge in [-0.15, -0.1) is 0 Å². The van der Waals surface area contributed by atoms with Crippen LogP contribution >= 0.6 is 11.6 Å². The normalized spacial score (nSPS) is 12.2. The molecule has 0 aromatic heterocycles. The minimum atomic E-state index is -4.16. The number of halogens is 1. The van der Waals surface area contributed by atoms with Gasteiger partial charge in [0, 0.05) is 17.6 Å². The Morgan fingerprint density at radius 2 is 1.48 bits per heavy atom. The maximum Gasteiger partial charge on any atom is 0.264 e. The van der Waals surface area contributed by atoms with Crippen molar-refractivity contribution in [2.75, 3.05) is 10.8 Å². The fourth-order valence-corrected chi connectivity index (χ4v) is 6.05. The fourth-order valence-electron chi connectivity index (χ4n) is 4.41. The average Bonchev–Trinajstić information content (AvgIpc) is 2.89. The smallest absolute Gasteiger partial charge is 0.264 e. The first-order valence-corrected chi connectivity index (χ1v) is 15.2. The van der Waals surface area contributed by atoms with Gasteiger partial charge in [-0.05, 0) is 76.4 Å². The van der Waals surface area contributed by atoms with E-state index in [0.717, 1.165) is 21.0 Å². The molecule has 0 saturated carbocycles. The number of anilines is 1. The first-order valence-electron chi connectivity index (χ1n) is 13.3. The monoisotopic (exact) mass is 583 g/mol. The SMILES string of the molecule is CC[C@H](C(=O)NC(C)C)N(Cc1ccc(C)cc1)C(=O)CN(c1cccc(Cl)c1C)S(=O)(=O)c1ccc(C)cc1. The van der Waals surface area contributed by atoms with E-state index in [9.17, 15) is 18.0 Å². The number of hydrogen-bond donors (Lipinski definition) is 1. The second-order valence-corrected chi connectivity index (χ2v) is 12.6. The van der Waals surface area contributed by atoms with Gasteiger partial charge in [0.1, 0.15) is 12.6 Å². The molecule has 1 atom stereocenters. The maximum absolute atomic E-state index is 14.1. The third-order valence-corrected chi connectivity index (χ3v) is 8.87. The van der Waals surface area contributed by atoms with Crippen molar-refractivity contribution >= 4 is 39.1 Å². The lowest BCUT2D eigenvalue weighted by Crippen LogP contribution is -2.53. The van der Waals surface area contributed by atoms with E-state index in [1.807, 2.05) is 58.9 Å². The largest absolute Gasteiger partial charge is 0.352 e. The molecule has 7 nitrogen and oxygen atoms in total. The molecule has 0 heterocycles. The third kappa shape index (κ3) is 7.43. The van der Waals surface area contributed by atoms with Gasteiger partial charge >= 0.3 is 0 Å². The highest BCUT2D eigenvalue weighted by atomic mass is 35.5. The number of benzene rings is 3. The van der Waals surface area contributed by atoms with E-state index >= 15 is 0 Å². The van der Waals surface area contributed by atoms with E-state index in [1.54, 1.807) is 37.3 Å². The number of aryl methyl sites for hydroxylation is 2. The molecule has 2 amide bonds. The number of sulfonamides is 1. The molecular weight excluding hydrogens is 546 g/mol. The molecule has 3 aromatic carbocycles. The van der Waals surface area contributed by atoms with Crippen molar-refractivity contribution in [1.82, 2.24) is 10.2 Å². The predicted octanol–water partition coefficient (Wildman–Crippen LogP) is 5.79. The zero-order valence-corrected chi connectivity index (χ0v) is 25.5. The van der Waals surface area contributed by atoms with E-state index in [1.165, 1.54) is 17.0 Å². The molecule has 0 aliphatic carbocycles. The van der Waals surface area contributed by atoms with Crippen molar-refractivity contribution in [2.45, 2.75) is 71.5 Å². The Bertz CT molecular complexity index is 1440. The molecule has 9 heteroatoms. The van der Waals surface area contributed by atoms with Crippen LogP contribution in [0.5, 0.6) is 0 Å². The van der Waals surface area contributed by atoms with Gasteiger partial charge in [-0.3, -0.25) is 13.9 Å². The number of amides is 2. The standard InChI is InChI=1S/C31H38ClN3O4S/c1-7-28(31(37)33-21(2)3)34(19-25-15-11-22(4)12-16-25)30(36)20-35(29-10-8-9-27(32)24(29)6)40(38,39)26-17-13-23(5)14-18-26/h8-18,21,28H,7,19-20H2,1-6H3,(H,33,37)/t28-/m1/s1. The summed E-state index contributed by atoms with van der Waals surface area (Å²) < 4.78 is 29.1. The molecule has 0 aliphatic heterocycles. The van der Waals surface area contributed by atoms with Crippen LogP contribution in [-0.4, -0.2) is 43.8 Å². The predicted molar refractivity (Wildman–Crippen MR) is 161 cm³/mol.